The molecule has 2 saturated carbocycles. The molecule has 0 aromatic heterocycles. The molecule has 2 aliphatic carbocycles. The van der Waals surface area contributed by atoms with Gasteiger partial charge >= 0.3 is 0 Å². The van der Waals surface area contributed by atoms with Crippen molar-refractivity contribution in [1.29, 1.82) is 5.26 Å². The molecule has 1 aromatic carbocycles. The van der Waals surface area contributed by atoms with Crippen molar-refractivity contribution >= 4 is 11.6 Å². The molecule has 3 heteroatoms. The Morgan fingerprint density at radius 2 is 1.65 bits per heavy atom. The smallest absolute Gasteiger partial charge is 0.142 e. The summed E-state index contributed by atoms with van der Waals surface area (Å²) < 4.78 is 14.1. The van der Waals surface area contributed by atoms with Crippen molar-refractivity contribution in [3.05, 3.63) is 34.1 Å². The molecule has 142 valence electrons. The first-order valence-electron chi connectivity index (χ1n) is 10.5. The molecule has 1 nitrogen and oxygen atoms in total. The Labute approximate surface area is 162 Å². The van der Waals surface area contributed by atoms with Crippen LogP contribution in [-0.4, -0.2) is 0 Å². The molecule has 0 N–H and O–H groups in total. The highest BCUT2D eigenvalue weighted by atomic mass is 35.5. The molecular formula is C23H31ClFN. The quantitative estimate of drug-likeness (QED) is 0.519. The fourth-order valence-corrected chi connectivity index (χ4v) is 5.56. The summed E-state index contributed by atoms with van der Waals surface area (Å²) in [6, 6.07) is 5.20. The number of nitrogens with zero attached hydrogens (tertiary/aromatic N) is 1. The van der Waals surface area contributed by atoms with Gasteiger partial charge in [-0.05, 0) is 79.9 Å². The Morgan fingerprint density at radius 3 is 2.19 bits per heavy atom. The van der Waals surface area contributed by atoms with E-state index in [2.05, 4.69) is 6.92 Å². The second kappa shape index (κ2) is 9.23. The zero-order valence-corrected chi connectivity index (χ0v) is 16.7. The minimum absolute atomic E-state index is 0.0241. The van der Waals surface area contributed by atoms with Crippen LogP contribution >= 0.6 is 11.6 Å². The monoisotopic (exact) mass is 375 g/mol. The van der Waals surface area contributed by atoms with Crippen LogP contribution in [0, 0.1) is 34.9 Å². The van der Waals surface area contributed by atoms with Crippen LogP contribution in [0.1, 0.15) is 94.6 Å². The SMILES string of the molecule is CCCC[C@H]1CC[C@H]([C@H]2CC[C@H](c3cc(F)c(C#N)c(Cl)c3)CC2)CC1. The van der Waals surface area contributed by atoms with Crippen molar-refractivity contribution in [3.63, 3.8) is 0 Å². The summed E-state index contributed by atoms with van der Waals surface area (Å²) in [5, 5.41) is 9.23. The fraction of sp³-hybridized carbons (Fsp3) is 0.696. The number of nitriles is 1. The van der Waals surface area contributed by atoms with E-state index >= 15 is 0 Å². The highest BCUT2D eigenvalue weighted by molar-refractivity contribution is 6.31. The number of unbranched alkanes of at least 4 members (excludes halogenated alkanes) is 1. The first kappa shape index (κ1) is 19.7. The average molecular weight is 376 g/mol. The minimum atomic E-state index is -0.470. The molecule has 2 aliphatic rings. The van der Waals surface area contributed by atoms with E-state index < -0.39 is 5.82 Å². The van der Waals surface area contributed by atoms with E-state index in [1.54, 1.807) is 0 Å². The van der Waals surface area contributed by atoms with Crippen molar-refractivity contribution < 1.29 is 4.39 Å². The van der Waals surface area contributed by atoms with E-state index in [9.17, 15) is 4.39 Å². The normalized spacial score (nSPS) is 29.3. The summed E-state index contributed by atoms with van der Waals surface area (Å²) in [6.45, 7) is 2.29. The second-order valence-corrected chi connectivity index (χ2v) is 8.91. The Hall–Kier alpha value is -1.07. The van der Waals surface area contributed by atoms with Gasteiger partial charge in [-0.1, -0.05) is 50.6 Å². The largest absolute Gasteiger partial charge is 0.205 e. The van der Waals surface area contributed by atoms with Gasteiger partial charge in [-0.2, -0.15) is 5.26 Å². The lowest BCUT2D eigenvalue weighted by Gasteiger charge is -2.38. The summed E-state index contributed by atoms with van der Waals surface area (Å²) in [7, 11) is 0. The Kier molecular flexibility index (Phi) is 6.98. The molecule has 0 heterocycles. The lowest BCUT2D eigenvalue weighted by molar-refractivity contribution is 0.156. The lowest BCUT2D eigenvalue weighted by Crippen LogP contribution is -2.25. The highest BCUT2D eigenvalue weighted by Gasteiger charge is 2.31. The van der Waals surface area contributed by atoms with Crippen LogP contribution < -0.4 is 0 Å². The van der Waals surface area contributed by atoms with Crippen LogP contribution in [0.3, 0.4) is 0 Å². The summed E-state index contributed by atoms with van der Waals surface area (Å²) >= 11 is 6.09. The summed E-state index contributed by atoms with van der Waals surface area (Å²) in [6.07, 6.45) is 14.6. The first-order chi connectivity index (χ1) is 12.6. The molecule has 1 aromatic rings. The van der Waals surface area contributed by atoms with Crippen molar-refractivity contribution in [2.24, 2.45) is 17.8 Å². The summed E-state index contributed by atoms with van der Waals surface area (Å²) in [5.41, 5.74) is 0.956. The summed E-state index contributed by atoms with van der Waals surface area (Å²) in [4.78, 5) is 0. The van der Waals surface area contributed by atoms with Gasteiger partial charge in [0.15, 0.2) is 0 Å². The molecule has 2 fully saturated rings. The number of benzene rings is 1. The third-order valence-electron chi connectivity index (χ3n) is 6.94. The van der Waals surface area contributed by atoms with E-state index in [-0.39, 0.29) is 10.6 Å². The van der Waals surface area contributed by atoms with Crippen LogP contribution in [0.5, 0.6) is 0 Å². The average Bonchev–Trinajstić information content (AvgIpc) is 2.67. The van der Waals surface area contributed by atoms with Crippen LogP contribution in [0.25, 0.3) is 0 Å². The van der Waals surface area contributed by atoms with E-state index in [4.69, 9.17) is 16.9 Å². The second-order valence-electron chi connectivity index (χ2n) is 8.51. The Balaban J connectivity index is 1.52. The molecule has 0 aliphatic heterocycles. The lowest BCUT2D eigenvalue weighted by atomic mass is 9.68. The van der Waals surface area contributed by atoms with Crippen LogP contribution in [-0.2, 0) is 0 Å². The van der Waals surface area contributed by atoms with Gasteiger partial charge in [0.1, 0.15) is 17.4 Å². The Morgan fingerprint density at radius 1 is 1.04 bits per heavy atom. The van der Waals surface area contributed by atoms with Gasteiger partial charge in [0, 0.05) is 0 Å². The molecule has 0 spiro atoms. The predicted octanol–water partition coefficient (Wildman–Crippen LogP) is 7.62. The number of hydrogen-bond acceptors (Lipinski definition) is 1. The van der Waals surface area contributed by atoms with Gasteiger partial charge in [0.2, 0.25) is 0 Å². The van der Waals surface area contributed by atoms with E-state index in [1.165, 1.54) is 63.9 Å². The standard InChI is InChI=1S/C23H31ClFN/c1-2-3-4-16-5-7-17(8-6-16)18-9-11-19(12-10-18)20-13-22(24)21(15-26)23(25)14-20/h13-14,16-19H,2-12H2,1H3/t16-,17-,18-,19-. The maximum Gasteiger partial charge on any atom is 0.142 e. The van der Waals surface area contributed by atoms with Gasteiger partial charge in [-0.25, -0.2) is 4.39 Å². The predicted molar refractivity (Wildman–Crippen MR) is 106 cm³/mol. The number of halogens is 2. The number of rotatable bonds is 5. The van der Waals surface area contributed by atoms with Crippen molar-refractivity contribution in [1.82, 2.24) is 0 Å². The Bertz CT molecular complexity index is 611. The maximum absolute atomic E-state index is 14.1. The molecule has 0 saturated heterocycles. The van der Waals surface area contributed by atoms with Crippen LogP contribution in [0.2, 0.25) is 5.02 Å². The van der Waals surface area contributed by atoms with Crippen LogP contribution in [0.15, 0.2) is 12.1 Å². The third kappa shape index (κ3) is 4.61. The molecule has 0 radical (unpaired) electrons. The van der Waals surface area contributed by atoms with Crippen molar-refractivity contribution in [2.45, 2.75) is 83.5 Å². The molecule has 26 heavy (non-hydrogen) atoms. The molecule has 3 rings (SSSR count). The molecule has 0 atom stereocenters. The molecular weight excluding hydrogens is 345 g/mol. The van der Waals surface area contributed by atoms with E-state index in [1.807, 2.05) is 12.1 Å². The minimum Gasteiger partial charge on any atom is -0.205 e. The fourth-order valence-electron chi connectivity index (χ4n) is 5.30. The van der Waals surface area contributed by atoms with Crippen LogP contribution in [0.4, 0.5) is 4.39 Å². The first-order valence-corrected chi connectivity index (χ1v) is 10.9. The molecule has 0 unspecified atom stereocenters. The van der Waals surface area contributed by atoms with Gasteiger partial charge < -0.3 is 0 Å². The summed E-state index contributed by atoms with van der Waals surface area (Å²) in [5.74, 6) is 2.67. The third-order valence-corrected chi connectivity index (χ3v) is 7.24. The molecule has 0 bridgehead atoms. The zero-order valence-electron chi connectivity index (χ0n) is 15.9. The van der Waals surface area contributed by atoms with Gasteiger partial charge in [0.25, 0.3) is 0 Å². The van der Waals surface area contributed by atoms with E-state index in [0.29, 0.717) is 5.92 Å². The van der Waals surface area contributed by atoms with Crippen molar-refractivity contribution in [2.75, 3.05) is 0 Å². The van der Waals surface area contributed by atoms with Gasteiger partial charge in [-0.15, -0.1) is 0 Å². The maximum atomic E-state index is 14.1. The van der Waals surface area contributed by atoms with Crippen molar-refractivity contribution in [3.8, 4) is 6.07 Å². The highest BCUT2D eigenvalue weighted by Crippen LogP contribution is 2.45. The zero-order chi connectivity index (χ0) is 18.5. The van der Waals surface area contributed by atoms with Gasteiger partial charge in [-0.3, -0.25) is 0 Å². The molecule has 0 amide bonds. The topological polar surface area (TPSA) is 23.8 Å². The van der Waals surface area contributed by atoms with E-state index in [0.717, 1.165) is 36.2 Å². The number of hydrogen-bond donors (Lipinski definition) is 0. The van der Waals surface area contributed by atoms with Gasteiger partial charge in [0.05, 0.1) is 5.02 Å².